The van der Waals surface area contributed by atoms with Crippen molar-refractivity contribution in [3.63, 3.8) is 0 Å². The predicted octanol–water partition coefficient (Wildman–Crippen LogP) is 6.70. The number of carboxylic acid groups (broad SMARTS) is 1. The van der Waals surface area contributed by atoms with Crippen LogP contribution in [0.25, 0.3) is 11.8 Å². The minimum Gasteiger partial charge on any atom is -0.497 e. The predicted molar refractivity (Wildman–Crippen MR) is 171 cm³/mol. The first-order valence-corrected chi connectivity index (χ1v) is 14.6. The van der Waals surface area contributed by atoms with Crippen LogP contribution in [0.1, 0.15) is 48.8 Å². The van der Waals surface area contributed by atoms with Crippen LogP contribution < -0.4 is 4.74 Å². The fourth-order valence-electron chi connectivity index (χ4n) is 4.97. The average molecular weight is 610 g/mol. The normalized spacial score (nSPS) is 14.8. The smallest absolute Gasteiger partial charge is 0.337 e. The number of aromatic nitrogens is 1. The number of benzene rings is 3. The minimum atomic E-state index is -1.01. The molecule has 0 aliphatic carbocycles. The van der Waals surface area contributed by atoms with Crippen LogP contribution in [-0.2, 0) is 16.1 Å². The number of methoxy groups -OCH3 is 2. The van der Waals surface area contributed by atoms with Crippen LogP contribution in [0.2, 0.25) is 0 Å². The Balaban J connectivity index is 1.53. The molecular formula is C34H31N3O6S. The number of hydrogen-bond acceptors (Lipinski definition) is 7. The SMILES string of the molecule is COC(=O)c1ccc(C)c(-n2c(C)cc(/C=C3\SC(=Nc4ccc(OC)cc4)N(Cc4ccc(C(=O)O)cc4)C3=O)c2C)c1. The summed E-state index contributed by atoms with van der Waals surface area (Å²) < 4.78 is 12.2. The number of rotatable bonds is 8. The number of amides is 1. The van der Waals surface area contributed by atoms with Crippen LogP contribution in [0.4, 0.5) is 5.69 Å². The number of ether oxygens (including phenoxy) is 2. The number of aromatic carboxylic acids is 1. The number of aliphatic imine (C=N–C) groups is 1. The van der Waals surface area contributed by atoms with Crippen LogP contribution >= 0.6 is 11.8 Å². The largest absolute Gasteiger partial charge is 0.497 e. The van der Waals surface area contributed by atoms with E-state index in [2.05, 4.69) is 4.57 Å². The number of thioether (sulfide) groups is 1. The monoisotopic (exact) mass is 609 g/mol. The molecule has 0 unspecified atom stereocenters. The van der Waals surface area contributed by atoms with Crippen LogP contribution in [0.5, 0.6) is 5.75 Å². The Hall–Kier alpha value is -5.09. The molecular weight excluding hydrogens is 578 g/mol. The highest BCUT2D eigenvalue weighted by molar-refractivity contribution is 8.18. The molecule has 0 atom stereocenters. The fourth-order valence-corrected chi connectivity index (χ4v) is 5.96. The van der Waals surface area contributed by atoms with Gasteiger partial charge in [0.1, 0.15) is 5.75 Å². The van der Waals surface area contributed by atoms with Crippen molar-refractivity contribution < 1.29 is 29.0 Å². The Labute approximate surface area is 259 Å². The van der Waals surface area contributed by atoms with Gasteiger partial charge in [0.05, 0.1) is 42.5 Å². The molecule has 1 aliphatic heterocycles. The summed E-state index contributed by atoms with van der Waals surface area (Å²) in [5.74, 6) is -0.937. The quantitative estimate of drug-likeness (QED) is 0.175. The second kappa shape index (κ2) is 12.6. The molecule has 44 heavy (non-hydrogen) atoms. The molecule has 0 radical (unpaired) electrons. The third-order valence-corrected chi connectivity index (χ3v) is 8.36. The van der Waals surface area contributed by atoms with E-state index in [0.29, 0.717) is 27.1 Å². The molecule has 1 fully saturated rings. The highest BCUT2D eigenvalue weighted by Crippen LogP contribution is 2.37. The first kappa shape index (κ1) is 30.4. The molecule has 1 saturated heterocycles. The van der Waals surface area contributed by atoms with Crippen molar-refractivity contribution in [2.24, 2.45) is 4.99 Å². The van der Waals surface area contributed by atoms with Gasteiger partial charge in [-0.2, -0.15) is 0 Å². The van der Waals surface area contributed by atoms with E-state index in [0.717, 1.165) is 33.8 Å². The highest BCUT2D eigenvalue weighted by atomic mass is 32.2. The van der Waals surface area contributed by atoms with E-state index in [4.69, 9.17) is 14.5 Å². The number of hydrogen-bond donors (Lipinski definition) is 1. The summed E-state index contributed by atoms with van der Waals surface area (Å²) in [5.41, 5.74) is 6.60. The van der Waals surface area contributed by atoms with Gasteiger partial charge in [0.2, 0.25) is 0 Å². The summed E-state index contributed by atoms with van der Waals surface area (Å²) in [4.78, 5) is 44.3. The maximum absolute atomic E-state index is 13.9. The molecule has 1 aliphatic rings. The zero-order valence-corrected chi connectivity index (χ0v) is 25.8. The van der Waals surface area contributed by atoms with E-state index in [-0.39, 0.29) is 18.0 Å². The highest BCUT2D eigenvalue weighted by Gasteiger charge is 2.34. The molecule has 10 heteroatoms. The number of carbonyl (C=O) groups excluding carboxylic acids is 2. The van der Waals surface area contributed by atoms with Gasteiger partial charge >= 0.3 is 11.9 Å². The molecule has 0 bridgehead atoms. The molecule has 4 aromatic rings. The Morgan fingerprint density at radius 1 is 0.932 bits per heavy atom. The maximum atomic E-state index is 13.9. The van der Waals surface area contributed by atoms with Gasteiger partial charge in [-0.1, -0.05) is 18.2 Å². The zero-order valence-electron chi connectivity index (χ0n) is 25.0. The van der Waals surface area contributed by atoms with E-state index < -0.39 is 11.9 Å². The Morgan fingerprint density at radius 3 is 2.25 bits per heavy atom. The van der Waals surface area contributed by atoms with Crippen molar-refractivity contribution in [2.45, 2.75) is 27.3 Å². The number of carboxylic acids is 1. The summed E-state index contributed by atoms with van der Waals surface area (Å²) in [6, 6.07) is 21.1. The molecule has 1 amide bonds. The zero-order chi connectivity index (χ0) is 31.5. The van der Waals surface area contributed by atoms with Crippen LogP contribution in [0.3, 0.4) is 0 Å². The van der Waals surface area contributed by atoms with Gasteiger partial charge < -0.3 is 19.1 Å². The van der Waals surface area contributed by atoms with Crippen molar-refractivity contribution in [1.82, 2.24) is 9.47 Å². The molecule has 2 heterocycles. The molecule has 9 nitrogen and oxygen atoms in total. The lowest BCUT2D eigenvalue weighted by Crippen LogP contribution is -2.28. The van der Waals surface area contributed by atoms with Crippen molar-refractivity contribution in [2.75, 3.05) is 14.2 Å². The van der Waals surface area contributed by atoms with Crippen LogP contribution in [0, 0.1) is 20.8 Å². The lowest BCUT2D eigenvalue weighted by molar-refractivity contribution is -0.122. The summed E-state index contributed by atoms with van der Waals surface area (Å²) in [7, 11) is 2.95. The van der Waals surface area contributed by atoms with Gasteiger partial charge in [-0.25, -0.2) is 14.6 Å². The van der Waals surface area contributed by atoms with Crippen LogP contribution in [-0.4, -0.2) is 51.8 Å². The number of nitrogens with zero attached hydrogens (tertiary/aromatic N) is 3. The topological polar surface area (TPSA) is 110 Å². The Morgan fingerprint density at radius 2 is 1.61 bits per heavy atom. The second-order valence-electron chi connectivity index (χ2n) is 10.3. The first-order chi connectivity index (χ1) is 21.1. The summed E-state index contributed by atoms with van der Waals surface area (Å²) in [5, 5.41) is 9.78. The summed E-state index contributed by atoms with van der Waals surface area (Å²) in [6.45, 7) is 6.15. The molecule has 0 saturated carbocycles. The van der Waals surface area contributed by atoms with E-state index in [1.165, 1.54) is 31.0 Å². The van der Waals surface area contributed by atoms with E-state index in [1.807, 2.05) is 57.2 Å². The van der Waals surface area contributed by atoms with Crippen molar-refractivity contribution in [3.8, 4) is 11.4 Å². The Bertz CT molecular complexity index is 1820. The molecule has 5 rings (SSSR count). The maximum Gasteiger partial charge on any atom is 0.337 e. The lowest BCUT2D eigenvalue weighted by atomic mass is 10.1. The standard InChI is InChI=1S/C34H31N3O6S/c1-20-6-9-25(33(41)43-5)17-29(20)37-21(2)16-26(22(37)3)18-30-31(38)36(19-23-7-10-24(11-8-23)32(39)40)34(44-30)35-27-12-14-28(42-4)15-13-27/h6-18H,19H2,1-5H3,(H,39,40)/b30-18-,35-34?. The summed E-state index contributed by atoms with van der Waals surface area (Å²) in [6.07, 6.45) is 1.86. The molecule has 224 valence electrons. The number of amidine groups is 1. The van der Waals surface area contributed by atoms with Crippen molar-refractivity contribution in [3.05, 3.63) is 117 Å². The van der Waals surface area contributed by atoms with Crippen molar-refractivity contribution in [1.29, 1.82) is 0 Å². The van der Waals surface area contributed by atoms with Gasteiger partial charge in [0.25, 0.3) is 5.91 Å². The third kappa shape index (κ3) is 6.16. The first-order valence-electron chi connectivity index (χ1n) is 13.7. The fraction of sp³-hybridized carbons (Fsp3) is 0.176. The summed E-state index contributed by atoms with van der Waals surface area (Å²) >= 11 is 1.28. The lowest BCUT2D eigenvalue weighted by Gasteiger charge is -2.16. The van der Waals surface area contributed by atoms with E-state index in [9.17, 15) is 19.5 Å². The van der Waals surface area contributed by atoms with E-state index in [1.54, 1.807) is 42.3 Å². The number of aryl methyl sites for hydroxylation is 2. The van der Waals surface area contributed by atoms with Crippen LogP contribution in [0.15, 0.2) is 82.7 Å². The Kier molecular flexibility index (Phi) is 8.73. The number of carbonyl (C=O) groups is 3. The minimum absolute atomic E-state index is 0.172. The molecule has 3 aromatic carbocycles. The van der Waals surface area contributed by atoms with Gasteiger partial charge in [0, 0.05) is 17.1 Å². The third-order valence-electron chi connectivity index (χ3n) is 7.35. The van der Waals surface area contributed by atoms with Gasteiger partial charge in [-0.3, -0.25) is 9.69 Å². The van der Waals surface area contributed by atoms with Gasteiger partial charge in [0.15, 0.2) is 5.17 Å². The molecule has 1 N–H and O–H groups in total. The van der Waals surface area contributed by atoms with Gasteiger partial charge in [-0.15, -0.1) is 0 Å². The van der Waals surface area contributed by atoms with Crippen molar-refractivity contribution >= 4 is 46.5 Å². The molecule has 1 aromatic heterocycles. The molecule has 0 spiro atoms. The number of esters is 1. The average Bonchev–Trinajstić information content (AvgIpc) is 3.46. The second-order valence-corrected chi connectivity index (χ2v) is 11.3. The van der Waals surface area contributed by atoms with Gasteiger partial charge in [-0.05, 0) is 110 Å². The van der Waals surface area contributed by atoms with E-state index >= 15 is 0 Å².